The third kappa shape index (κ3) is 4.18. The molecule has 1 aromatic carbocycles. The van der Waals surface area contributed by atoms with Crippen molar-refractivity contribution in [2.45, 2.75) is 25.9 Å². The molecule has 1 aromatic heterocycles. The van der Waals surface area contributed by atoms with Gasteiger partial charge in [0.2, 0.25) is 0 Å². The van der Waals surface area contributed by atoms with Gasteiger partial charge in [0, 0.05) is 18.5 Å². The fraction of sp³-hybridized carbons (Fsp3) is 0.312. The van der Waals surface area contributed by atoms with Gasteiger partial charge in [0.05, 0.1) is 5.60 Å². The van der Waals surface area contributed by atoms with Crippen LogP contribution in [0.4, 0.5) is 0 Å². The van der Waals surface area contributed by atoms with Crippen molar-refractivity contribution in [1.82, 2.24) is 5.32 Å². The van der Waals surface area contributed by atoms with Crippen molar-refractivity contribution in [2.24, 2.45) is 0 Å². The largest absolute Gasteiger partial charge is 0.388 e. The number of carbonyl (C=O) groups excluding carboxylic acids is 1. The number of carbonyl (C=O) groups is 1. The minimum absolute atomic E-state index is 0.153. The topological polar surface area (TPSA) is 49.3 Å². The molecular formula is C16H19NO2S. The molecule has 2 N–H and O–H groups in total. The predicted molar refractivity (Wildman–Crippen MR) is 82.2 cm³/mol. The number of nitrogens with one attached hydrogen (secondary N) is 1. The molecular weight excluding hydrogens is 270 g/mol. The Labute approximate surface area is 123 Å². The van der Waals surface area contributed by atoms with Crippen LogP contribution in [-0.4, -0.2) is 23.2 Å². The third-order valence-electron chi connectivity index (χ3n) is 3.08. The lowest BCUT2D eigenvalue weighted by Crippen LogP contribution is -2.42. The van der Waals surface area contributed by atoms with E-state index in [2.05, 4.69) is 5.32 Å². The zero-order valence-corrected chi connectivity index (χ0v) is 12.5. The zero-order valence-electron chi connectivity index (χ0n) is 11.7. The van der Waals surface area contributed by atoms with Gasteiger partial charge in [-0.2, -0.15) is 11.3 Å². The van der Waals surface area contributed by atoms with E-state index >= 15 is 0 Å². The molecule has 20 heavy (non-hydrogen) atoms. The summed E-state index contributed by atoms with van der Waals surface area (Å²) in [5.41, 5.74) is 1.81. The van der Waals surface area contributed by atoms with Crippen molar-refractivity contribution in [3.63, 3.8) is 0 Å². The monoisotopic (exact) mass is 289 g/mol. The van der Waals surface area contributed by atoms with Gasteiger partial charge < -0.3 is 10.4 Å². The molecule has 2 rings (SSSR count). The maximum Gasteiger partial charge on any atom is 0.251 e. The van der Waals surface area contributed by atoms with E-state index in [1.165, 1.54) is 0 Å². The van der Waals surface area contributed by atoms with Gasteiger partial charge in [0.15, 0.2) is 0 Å². The molecule has 0 aliphatic heterocycles. The van der Waals surface area contributed by atoms with Crippen LogP contribution in [0.3, 0.4) is 0 Å². The SMILES string of the molecule is Cc1cccc(C(=O)NCC(C)(O)Cc2ccsc2)c1. The lowest BCUT2D eigenvalue weighted by Gasteiger charge is -2.23. The summed E-state index contributed by atoms with van der Waals surface area (Å²) in [7, 11) is 0. The summed E-state index contributed by atoms with van der Waals surface area (Å²) in [5.74, 6) is -0.153. The molecule has 1 heterocycles. The Morgan fingerprint density at radius 2 is 2.20 bits per heavy atom. The van der Waals surface area contributed by atoms with Gasteiger partial charge in [0.1, 0.15) is 0 Å². The Hall–Kier alpha value is -1.65. The van der Waals surface area contributed by atoms with E-state index in [1.807, 2.05) is 41.9 Å². The second-order valence-corrected chi connectivity index (χ2v) is 6.14. The van der Waals surface area contributed by atoms with Crippen LogP contribution < -0.4 is 5.32 Å². The predicted octanol–water partition coefficient (Wildman–Crippen LogP) is 2.78. The van der Waals surface area contributed by atoms with E-state index in [1.54, 1.807) is 24.3 Å². The molecule has 0 fully saturated rings. The van der Waals surface area contributed by atoms with Gasteiger partial charge >= 0.3 is 0 Å². The lowest BCUT2D eigenvalue weighted by molar-refractivity contribution is 0.0553. The van der Waals surface area contributed by atoms with Crippen molar-refractivity contribution in [2.75, 3.05) is 6.54 Å². The molecule has 0 radical (unpaired) electrons. The Balaban J connectivity index is 1.92. The summed E-state index contributed by atoms with van der Waals surface area (Å²) >= 11 is 1.60. The number of benzene rings is 1. The highest BCUT2D eigenvalue weighted by molar-refractivity contribution is 7.07. The maximum absolute atomic E-state index is 12.0. The van der Waals surface area contributed by atoms with Crippen LogP contribution in [0.5, 0.6) is 0 Å². The van der Waals surface area contributed by atoms with E-state index in [-0.39, 0.29) is 12.5 Å². The van der Waals surface area contributed by atoms with Crippen LogP contribution in [0.1, 0.15) is 28.4 Å². The number of amides is 1. The first-order valence-corrected chi connectivity index (χ1v) is 7.49. The fourth-order valence-corrected chi connectivity index (χ4v) is 2.72. The van der Waals surface area contributed by atoms with Gasteiger partial charge in [-0.3, -0.25) is 4.79 Å². The van der Waals surface area contributed by atoms with Gasteiger partial charge in [0.25, 0.3) is 5.91 Å². The summed E-state index contributed by atoms with van der Waals surface area (Å²) in [4.78, 5) is 12.0. The first-order chi connectivity index (χ1) is 9.46. The number of aryl methyl sites for hydroxylation is 1. The highest BCUT2D eigenvalue weighted by Gasteiger charge is 2.22. The minimum Gasteiger partial charge on any atom is -0.388 e. The van der Waals surface area contributed by atoms with Gasteiger partial charge in [-0.15, -0.1) is 0 Å². The summed E-state index contributed by atoms with van der Waals surface area (Å²) in [6, 6.07) is 9.40. The molecule has 1 unspecified atom stereocenters. The Bertz CT molecular complexity index is 576. The summed E-state index contributed by atoms with van der Waals surface area (Å²) in [6.07, 6.45) is 0.532. The molecule has 0 aliphatic carbocycles. The Kier molecular flexibility index (Phi) is 4.57. The lowest BCUT2D eigenvalue weighted by atomic mass is 9.98. The van der Waals surface area contributed by atoms with Crippen LogP contribution in [0, 0.1) is 6.92 Å². The minimum atomic E-state index is -0.944. The molecule has 1 amide bonds. The van der Waals surface area contributed by atoms with E-state index in [4.69, 9.17) is 0 Å². The standard InChI is InChI=1S/C16H19NO2S/c1-12-4-3-5-14(8-12)15(18)17-11-16(2,19)9-13-6-7-20-10-13/h3-8,10,19H,9,11H2,1-2H3,(H,17,18). The quantitative estimate of drug-likeness (QED) is 0.889. The second kappa shape index (κ2) is 6.20. The number of aliphatic hydroxyl groups is 1. The van der Waals surface area contributed by atoms with E-state index in [0.29, 0.717) is 12.0 Å². The summed E-state index contributed by atoms with van der Waals surface area (Å²) in [5, 5.41) is 17.1. The van der Waals surface area contributed by atoms with Crippen molar-refractivity contribution in [1.29, 1.82) is 0 Å². The van der Waals surface area contributed by atoms with E-state index < -0.39 is 5.60 Å². The summed E-state index contributed by atoms with van der Waals surface area (Å²) < 4.78 is 0. The molecule has 3 nitrogen and oxygen atoms in total. The number of hydrogen-bond acceptors (Lipinski definition) is 3. The average molecular weight is 289 g/mol. The van der Waals surface area contributed by atoms with Crippen LogP contribution in [-0.2, 0) is 6.42 Å². The summed E-state index contributed by atoms with van der Waals surface area (Å²) in [6.45, 7) is 3.92. The Morgan fingerprint density at radius 1 is 1.40 bits per heavy atom. The number of hydrogen-bond donors (Lipinski definition) is 2. The smallest absolute Gasteiger partial charge is 0.251 e. The molecule has 0 spiro atoms. The molecule has 0 saturated carbocycles. The van der Waals surface area contributed by atoms with Gasteiger partial charge in [-0.05, 0) is 48.4 Å². The van der Waals surface area contributed by atoms with Crippen LogP contribution in [0.2, 0.25) is 0 Å². The molecule has 0 bridgehead atoms. The van der Waals surface area contributed by atoms with Crippen LogP contribution in [0.15, 0.2) is 41.1 Å². The van der Waals surface area contributed by atoms with Crippen LogP contribution >= 0.6 is 11.3 Å². The number of thiophene rings is 1. The van der Waals surface area contributed by atoms with Gasteiger partial charge in [-0.25, -0.2) is 0 Å². The number of rotatable bonds is 5. The van der Waals surface area contributed by atoms with Crippen molar-refractivity contribution in [3.8, 4) is 0 Å². The van der Waals surface area contributed by atoms with Gasteiger partial charge in [-0.1, -0.05) is 17.7 Å². The van der Waals surface area contributed by atoms with E-state index in [9.17, 15) is 9.90 Å². The molecule has 0 saturated heterocycles. The van der Waals surface area contributed by atoms with Crippen LogP contribution in [0.25, 0.3) is 0 Å². The van der Waals surface area contributed by atoms with E-state index in [0.717, 1.165) is 11.1 Å². The first kappa shape index (κ1) is 14.8. The zero-order chi connectivity index (χ0) is 14.6. The highest BCUT2D eigenvalue weighted by Crippen LogP contribution is 2.15. The fourth-order valence-electron chi connectivity index (χ4n) is 2.05. The van der Waals surface area contributed by atoms with Crippen molar-refractivity contribution < 1.29 is 9.90 Å². The molecule has 2 aromatic rings. The molecule has 0 aliphatic rings. The highest BCUT2D eigenvalue weighted by atomic mass is 32.1. The molecule has 4 heteroatoms. The third-order valence-corrected chi connectivity index (χ3v) is 3.81. The second-order valence-electron chi connectivity index (χ2n) is 5.36. The van der Waals surface area contributed by atoms with Crippen molar-refractivity contribution >= 4 is 17.2 Å². The Morgan fingerprint density at radius 3 is 2.85 bits per heavy atom. The maximum atomic E-state index is 12.0. The van der Waals surface area contributed by atoms with Crippen molar-refractivity contribution in [3.05, 3.63) is 57.8 Å². The first-order valence-electron chi connectivity index (χ1n) is 6.55. The molecule has 1 atom stereocenters. The normalized spacial score (nSPS) is 13.8. The average Bonchev–Trinajstić information content (AvgIpc) is 2.88. The molecule has 106 valence electrons.